The highest BCUT2D eigenvalue weighted by Crippen LogP contribution is 2.39. The first-order valence-corrected chi connectivity index (χ1v) is 7.78. The van der Waals surface area contributed by atoms with E-state index in [1.807, 2.05) is 0 Å². The van der Waals surface area contributed by atoms with Gasteiger partial charge in [0.15, 0.2) is 22.9 Å². The van der Waals surface area contributed by atoms with Crippen LogP contribution >= 0.6 is 0 Å². The Bertz CT molecular complexity index is 954. The number of benzene rings is 1. The SMILES string of the molecule is COC(=O)c1c(C2=C[C@H]3OC(C)(C)O[C@H]3O2)oc2ccccc2c1=O. The predicted molar refractivity (Wildman–Crippen MR) is 86.7 cm³/mol. The van der Waals surface area contributed by atoms with E-state index in [-0.39, 0.29) is 17.1 Å². The molecule has 0 radical (unpaired) electrons. The summed E-state index contributed by atoms with van der Waals surface area (Å²) >= 11 is 0. The minimum atomic E-state index is -0.793. The van der Waals surface area contributed by atoms with E-state index in [0.29, 0.717) is 11.0 Å². The molecule has 0 spiro atoms. The quantitative estimate of drug-likeness (QED) is 0.774. The summed E-state index contributed by atoms with van der Waals surface area (Å²) in [6.45, 7) is 3.55. The fourth-order valence-electron chi connectivity index (χ4n) is 3.01. The van der Waals surface area contributed by atoms with E-state index in [4.69, 9.17) is 23.4 Å². The third kappa shape index (κ3) is 2.52. The summed E-state index contributed by atoms with van der Waals surface area (Å²) in [4.78, 5) is 24.9. The molecule has 2 aromatic rings. The Morgan fingerprint density at radius 2 is 1.96 bits per heavy atom. The molecule has 0 saturated carbocycles. The van der Waals surface area contributed by atoms with E-state index in [9.17, 15) is 9.59 Å². The molecule has 1 aromatic carbocycles. The molecule has 1 aromatic heterocycles. The van der Waals surface area contributed by atoms with Crippen molar-refractivity contribution in [3.63, 3.8) is 0 Å². The fraction of sp³-hybridized carbons (Fsp3) is 0.333. The number of methoxy groups -OCH3 is 1. The largest absolute Gasteiger partial charge is 0.465 e. The lowest BCUT2D eigenvalue weighted by molar-refractivity contribution is -0.174. The molecule has 2 aliphatic rings. The third-order valence-corrected chi connectivity index (χ3v) is 4.06. The number of carbonyl (C=O) groups is 1. The van der Waals surface area contributed by atoms with Gasteiger partial charge in [0.05, 0.1) is 12.5 Å². The van der Waals surface area contributed by atoms with Crippen LogP contribution in [0.25, 0.3) is 16.7 Å². The van der Waals surface area contributed by atoms with Crippen molar-refractivity contribution in [1.29, 1.82) is 0 Å². The number of hydrogen-bond acceptors (Lipinski definition) is 7. The molecule has 7 nitrogen and oxygen atoms in total. The Labute approximate surface area is 142 Å². The summed E-state index contributed by atoms with van der Waals surface area (Å²) in [6, 6.07) is 6.66. The standard InChI is InChI=1S/C18H16O7/c1-18(2)24-12-8-11(23-17(12)25-18)15-13(16(20)21-3)14(19)9-6-4-5-7-10(9)22-15/h4-8,12,17H,1-3H3/t12-,17-/m1/s1. The van der Waals surface area contributed by atoms with Crippen molar-refractivity contribution < 1.29 is 28.2 Å². The minimum absolute atomic E-state index is 0.00922. The molecule has 25 heavy (non-hydrogen) atoms. The maximum Gasteiger partial charge on any atom is 0.345 e. The van der Waals surface area contributed by atoms with Gasteiger partial charge in [-0.1, -0.05) is 12.1 Å². The van der Waals surface area contributed by atoms with E-state index < -0.39 is 29.6 Å². The van der Waals surface area contributed by atoms with Crippen molar-refractivity contribution in [3.05, 3.63) is 51.9 Å². The predicted octanol–water partition coefficient (Wildman–Crippen LogP) is 2.43. The number of para-hydroxylation sites is 1. The summed E-state index contributed by atoms with van der Waals surface area (Å²) in [6.07, 6.45) is 0.526. The number of fused-ring (bicyclic) bond motifs is 2. The number of ether oxygens (including phenoxy) is 4. The maximum absolute atomic E-state index is 12.7. The Kier molecular flexibility index (Phi) is 3.45. The molecule has 4 rings (SSSR count). The molecule has 3 heterocycles. The van der Waals surface area contributed by atoms with E-state index in [1.54, 1.807) is 44.2 Å². The Morgan fingerprint density at radius 1 is 1.20 bits per heavy atom. The molecule has 1 fully saturated rings. The van der Waals surface area contributed by atoms with Crippen molar-refractivity contribution in [2.75, 3.05) is 7.11 Å². The number of rotatable bonds is 2. The molecule has 0 bridgehead atoms. The smallest absolute Gasteiger partial charge is 0.345 e. The monoisotopic (exact) mass is 344 g/mol. The molecule has 2 aliphatic heterocycles. The average Bonchev–Trinajstić information content (AvgIpc) is 3.07. The first-order chi connectivity index (χ1) is 11.9. The van der Waals surface area contributed by atoms with Crippen LogP contribution in [0.3, 0.4) is 0 Å². The lowest BCUT2D eigenvalue weighted by atomic mass is 10.1. The van der Waals surface area contributed by atoms with Gasteiger partial charge in [-0.2, -0.15) is 0 Å². The van der Waals surface area contributed by atoms with E-state index in [2.05, 4.69) is 0 Å². The zero-order valence-electron chi connectivity index (χ0n) is 13.9. The van der Waals surface area contributed by atoms with Gasteiger partial charge in [0, 0.05) is 0 Å². The van der Waals surface area contributed by atoms with Gasteiger partial charge in [0.2, 0.25) is 11.7 Å². The molecule has 0 amide bonds. The van der Waals surface area contributed by atoms with Crippen LogP contribution in [0.1, 0.15) is 30.0 Å². The lowest BCUT2D eigenvalue weighted by Crippen LogP contribution is -2.23. The van der Waals surface area contributed by atoms with E-state index in [1.165, 1.54) is 7.11 Å². The van der Waals surface area contributed by atoms with Crippen LogP contribution in [-0.2, 0) is 18.9 Å². The molecule has 1 saturated heterocycles. The zero-order chi connectivity index (χ0) is 17.8. The van der Waals surface area contributed by atoms with Crippen molar-refractivity contribution in [2.24, 2.45) is 0 Å². The van der Waals surface area contributed by atoms with Gasteiger partial charge in [-0.15, -0.1) is 0 Å². The van der Waals surface area contributed by atoms with Gasteiger partial charge in [0.25, 0.3) is 0 Å². The van der Waals surface area contributed by atoms with Crippen LogP contribution in [0, 0.1) is 0 Å². The van der Waals surface area contributed by atoms with Gasteiger partial charge >= 0.3 is 5.97 Å². The number of hydrogen-bond donors (Lipinski definition) is 0. The van der Waals surface area contributed by atoms with Crippen molar-refractivity contribution in [3.8, 4) is 0 Å². The zero-order valence-corrected chi connectivity index (χ0v) is 13.9. The second-order valence-electron chi connectivity index (χ2n) is 6.24. The highest BCUT2D eigenvalue weighted by atomic mass is 16.8. The van der Waals surface area contributed by atoms with Crippen LogP contribution < -0.4 is 5.43 Å². The number of carbonyl (C=O) groups excluding carboxylic acids is 1. The van der Waals surface area contributed by atoms with Gasteiger partial charge in [-0.05, 0) is 32.1 Å². The topological polar surface area (TPSA) is 84.2 Å². The highest BCUT2D eigenvalue weighted by molar-refractivity contribution is 5.97. The maximum atomic E-state index is 12.7. The first kappa shape index (κ1) is 15.9. The molecule has 0 N–H and O–H groups in total. The molecule has 2 atom stereocenters. The molecule has 7 heteroatoms. The number of esters is 1. The molecular weight excluding hydrogens is 328 g/mol. The van der Waals surface area contributed by atoms with Crippen LogP contribution in [-0.4, -0.2) is 31.3 Å². The van der Waals surface area contributed by atoms with Crippen LogP contribution in [0.15, 0.2) is 39.6 Å². The molecule has 0 unspecified atom stereocenters. The van der Waals surface area contributed by atoms with Crippen LogP contribution in [0.2, 0.25) is 0 Å². The van der Waals surface area contributed by atoms with Gasteiger partial charge in [-0.25, -0.2) is 4.79 Å². The van der Waals surface area contributed by atoms with Gasteiger partial charge in [-0.3, -0.25) is 4.79 Å². The summed E-state index contributed by atoms with van der Waals surface area (Å²) in [7, 11) is 1.20. The summed E-state index contributed by atoms with van der Waals surface area (Å²) in [5.74, 6) is -1.34. The Balaban J connectivity index is 1.87. The second-order valence-corrected chi connectivity index (χ2v) is 6.24. The lowest BCUT2D eigenvalue weighted by Gasteiger charge is -2.18. The summed E-state index contributed by atoms with van der Waals surface area (Å²) in [5.41, 5.74) is -0.349. The normalized spacial score (nSPS) is 23.9. The second kappa shape index (κ2) is 5.44. The highest BCUT2D eigenvalue weighted by Gasteiger charge is 2.47. The Hall–Kier alpha value is -2.64. The van der Waals surface area contributed by atoms with Crippen molar-refractivity contribution in [1.82, 2.24) is 0 Å². The van der Waals surface area contributed by atoms with Gasteiger partial charge < -0.3 is 23.4 Å². The third-order valence-electron chi connectivity index (χ3n) is 4.06. The first-order valence-electron chi connectivity index (χ1n) is 7.78. The van der Waals surface area contributed by atoms with E-state index in [0.717, 1.165) is 0 Å². The Morgan fingerprint density at radius 3 is 2.68 bits per heavy atom. The van der Waals surface area contributed by atoms with E-state index >= 15 is 0 Å². The molecular formula is C18H16O7. The summed E-state index contributed by atoms with van der Waals surface area (Å²) in [5, 5.41) is 0.291. The fourth-order valence-corrected chi connectivity index (χ4v) is 3.01. The minimum Gasteiger partial charge on any atom is -0.465 e. The molecule has 0 aliphatic carbocycles. The van der Waals surface area contributed by atoms with Crippen LogP contribution in [0.5, 0.6) is 0 Å². The average molecular weight is 344 g/mol. The van der Waals surface area contributed by atoms with Gasteiger partial charge in [0.1, 0.15) is 11.7 Å². The summed E-state index contributed by atoms with van der Waals surface area (Å²) < 4.78 is 27.6. The van der Waals surface area contributed by atoms with Crippen molar-refractivity contribution >= 4 is 22.7 Å². The van der Waals surface area contributed by atoms with Crippen molar-refractivity contribution in [2.45, 2.75) is 32.0 Å². The molecule has 130 valence electrons. The van der Waals surface area contributed by atoms with Crippen LogP contribution in [0.4, 0.5) is 0 Å².